The van der Waals surface area contributed by atoms with Crippen molar-refractivity contribution >= 4 is 39.3 Å². The number of anilines is 1. The Bertz CT molecular complexity index is 722. The molecule has 0 fully saturated rings. The highest BCUT2D eigenvalue weighted by atomic mass is 79.9. The zero-order valence-electron chi connectivity index (χ0n) is 12.1. The summed E-state index contributed by atoms with van der Waals surface area (Å²) in [5.74, 6) is -0.578. The summed E-state index contributed by atoms with van der Waals surface area (Å²) in [6.45, 7) is 2.79. The number of fused-ring (bicyclic) bond motifs is 1. The van der Waals surface area contributed by atoms with Crippen LogP contribution in [0.25, 0.3) is 0 Å². The van der Waals surface area contributed by atoms with Crippen molar-refractivity contribution in [1.82, 2.24) is 0 Å². The maximum Gasteiger partial charge on any atom is 0.259 e. The molecule has 1 unspecified atom stereocenters. The van der Waals surface area contributed by atoms with E-state index in [1.165, 1.54) is 12.1 Å². The van der Waals surface area contributed by atoms with Crippen molar-refractivity contribution in [2.24, 2.45) is 0 Å². The molecule has 0 aliphatic carbocycles. The lowest BCUT2D eigenvalue weighted by Crippen LogP contribution is -2.32. The topological polar surface area (TPSA) is 20.3 Å². The smallest absolute Gasteiger partial charge is 0.259 e. The van der Waals surface area contributed by atoms with Gasteiger partial charge < -0.3 is 4.90 Å². The number of hydrogen-bond donors (Lipinski definition) is 0. The van der Waals surface area contributed by atoms with Crippen molar-refractivity contribution in [3.05, 3.63) is 58.3 Å². The van der Waals surface area contributed by atoms with Crippen molar-refractivity contribution in [2.75, 3.05) is 11.4 Å². The van der Waals surface area contributed by atoms with Crippen LogP contribution in [-0.4, -0.2) is 17.7 Å². The van der Waals surface area contributed by atoms with Crippen LogP contribution < -0.4 is 4.90 Å². The monoisotopic (exact) mass is 379 g/mol. The Balaban J connectivity index is 2.04. The fraction of sp³-hybridized carbons (Fsp3) is 0.235. The molecule has 1 aliphatic heterocycles. The Morgan fingerprint density at radius 2 is 2.09 bits per heavy atom. The average molecular weight is 380 g/mol. The van der Waals surface area contributed by atoms with Crippen molar-refractivity contribution in [1.29, 1.82) is 0 Å². The largest absolute Gasteiger partial charge is 0.307 e. The van der Waals surface area contributed by atoms with Gasteiger partial charge in [-0.1, -0.05) is 19.1 Å². The van der Waals surface area contributed by atoms with Gasteiger partial charge in [0.05, 0.1) is 11.3 Å². The molecule has 22 heavy (non-hydrogen) atoms. The molecule has 1 aliphatic rings. The van der Waals surface area contributed by atoms with E-state index in [4.69, 9.17) is 0 Å². The van der Waals surface area contributed by atoms with Gasteiger partial charge in [0.2, 0.25) is 0 Å². The van der Waals surface area contributed by atoms with Crippen molar-refractivity contribution in [2.45, 2.75) is 23.5 Å². The third-order valence-corrected chi connectivity index (χ3v) is 5.58. The third-order valence-electron chi connectivity index (χ3n) is 3.65. The summed E-state index contributed by atoms with van der Waals surface area (Å²) < 4.78 is 14.1. The van der Waals surface area contributed by atoms with Crippen LogP contribution in [0.1, 0.15) is 23.7 Å². The van der Waals surface area contributed by atoms with Gasteiger partial charge >= 0.3 is 0 Å². The number of carbonyl (C=O) groups excluding carboxylic acids is 1. The van der Waals surface area contributed by atoms with Crippen LogP contribution in [0.3, 0.4) is 0 Å². The van der Waals surface area contributed by atoms with Crippen molar-refractivity contribution < 1.29 is 9.18 Å². The van der Waals surface area contributed by atoms with E-state index in [1.807, 2.05) is 24.3 Å². The highest BCUT2D eigenvalue weighted by molar-refractivity contribution is 9.10. The number of nitrogens with zero attached hydrogens (tertiary/aromatic N) is 1. The highest BCUT2D eigenvalue weighted by Gasteiger charge is 2.26. The van der Waals surface area contributed by atoms with E-state index in [0.29, 0.717) is 21.8 Å². The molecule has 1 atom stereocenters. The summed E-state index contributed by atoms with van der Waals surface area (Å²) >= 11 is 5.13. The molecule has 2 aromatic carbocycles. The Kier molecular flexibility index (Phi) is 4.54. The van der Waals surface area contributed by atoms with E-state index in [1.54, 1.807) is 22.7 Å². The van der Waals surface area contributed by atoms with E-state index < -0.39 is 5.82 Å². The average Bonchev–Trinajstić information content (AvgIpc) is 2.67. The van der Waals surface area contributed by atoms with Crippen molar-refractivity contribution in [3.8, 4) is 0 Å². The molecule has 1 heterocycles. The number of hydrogen-bond acceptors (Lipinski definition) is 2. The van der Waals surface area contributed by atoms with Gasteiger partial charge in [0.1, 0.15) is 5.82 Å². The molecule has 0 N–H and O–H groups in total. The second kappa shape index (κ2) is 6.42. The maximum absolute atomic E-state index is 13.5. The van der Waals surface area contributed by atoms with Crippen LogP contribution in [0, 0.1) is 5.82 Å². The standard InChI is InChI=1S/C17H15BrFNOS/c1-11-8-9-20(15-4-2-3-5-16(15)22-11)17(21)13-10-12(19)6-7-14(13)18/h2-7,10-11H,8-9H2,1H3. The van der Waals surface area contributed by atoms with E-state index >= 15 is 0 Å². The SMILES string of the molecule is CC1CCN(C(=O)c2cc(F)ccc2Br)c2ccccc2S1. The summed E-state index contributed by atoms with van der Waals surface area (Å²) in [7, 11) is 0. The lowest BCUT2D eigenvalue weighted by atomic mass is 10.1. The van der Waals surface area contributed by atoms with Gasteiger partial charge in [-0.3, -0.25) is 4.79 Å². The summed E-state index contributed by atoms with van der Waals surface area (Å²) in [6, 6.07) is 12.1. The zero-order chi connectivity index (χ0) is 15.7. The van der Waals surface area contributed by atoms with E-state index in [9.17, 15) is 9.18 Å². The number of thioether (sulfide) groups is 1. The fourth-order valence-electron chi connectivity index (χ4n) is 2.50. The Hall–Kier alpha value is -1.33. The predicted octanol–water partition coefficient (Wildman–Crippen LogP) is 5.12. The van der Waals surface area contributed by atoms with Crippen LogP contribution in [0.4, 0.5) is 10.1 Å². The first-order chi connectivity index (χ1) is 10.6. The molecule has 114 valence electrons. The molecule has 0 spiro atoms. The summed E-state index contributed by atoms with van der Waals surface area (Å²) in [5.41, 5.74) is 1.26. The van der Waals surface area contributed by atoms with Gasteiger partial charge in [0, 0.05) is 21.2 Å². The maximum atomic E-state index is 13.5. The van der Waals surface area contributed by atoms with Gasteiger partial charge in [0.25, 0.3) is 5.91 Å². The van der Waals surface area contributed by atoms with Gasteiger partial charge in [-0.15, -0.1) is 11.8 Å². The molecule has 0 saturated carbocycles. The summed E-state index contributed by atoms with van der Waals surface area (Å²) in [6.07, 6.45) is 0.901. The van der Waals surface area contributed by atoms with Crippen LogP contribution in [0.5, 0.6) is 0 Å². The van der Waals surface area contributed by atoms with E-state index in [0.717, 1.165) is 17.0 Å². The van der Waals surface area contributed by atoms with Crippen LogP contribution in [0.15, 0.2) is 51.8 Å². The second-order valence-corrected chi connectivity index (χ2v) is 7.60. The van der Waals surface area contributed by atoms with E-state index in [-0.39, 0.29) is 5.91 Å². The number of benzene rings is 2. The molecule has 5 heteroatoms. The van der Waals surface area contributed by atoms with Gasteiger partial charge in [-0.05, 0) is 52.7 Å². The fourth-order valence-corrected chi connectivity index (χ4v) is 4.03. The number of para-hydroxylation sites is 1. The number of halogens is 2. The molecule has 1 amide bonds. The number of rotatable bonds is 1. The molecule has 2 nitrogen and oxygen atoms in total. The number of carbonyl (C=O) groups is 1. The van der Waals surface area contributed by atoms with E-state index in [2.05, 4.69) is 22.9 Å². The van der Waals surface area contributed by atoms with Crippen LogP contribution in [0.2, 0.25) is 0 Å². The van der Waals surface area contributed by atoms with Crippen molar-refractivity contribution in [3.63, 3.8) is 0 Å². The normalized spacial score (nSPS) is 17.8. The minimum Gasteiger partial charge on any atom is -0.307 e. The number of amides is 1. The first kappa shape index (κ1) is 15.6. The molecule has 0 bridgehead atoms. The van der Waals surface area contributed by atoms with Crippen LogP contribution in [-0.2, 0) is 0 Å². The lowest BCUT2D eigenvalue weighted by Gasteiger charge is -2.23. The lowest BCUT2D eigenvalue weighted by molar-refractivity contribution is 0.0985. The molecular weight excluding hydrogens is 365 g/mol. The predicted molar refractivity (Wildman–Crippen MR) is 92.2 cm³/mol. The minimum atomic E-state index is -0.405. The zero-order valence-corrected chi connectivity index (χ0v) is 14.5. The first-order valence-corrected chi connectivity index (χ1v) is 8.76. The van der Waals surface area contributed by atoms with Gasteiger partial charge in [-0.2, -0.15) is 0 Å². The van der Waals surface area contributed by atoms with Crippen LogP contribution >= 0.6 is 27.7 Å². The second-order valence-electron chi connectivity index (χ2n) is 5.27. The molecular formula is C17H15BrFNOS. The summed E-state index contributed by atoms with van der Waals surface area (Å²) in [4.78, 5) is 15.8. The molecule has 3 rings (SSSR count). The molecule has 0 saturated heterocycles. The van der Waals surface area contributed by atoms with Gasteiger partial charge in [0.15, 0.2) is 0 Å². The Labute approximate surface area is 141 Å². The van der Waals surface area contributed by atoms with Gasteiger partial charge in [-0.25, -0.2) is 4.39 Å². The third kappa shape index (κ3) is 3.06. The molecule has 2 aromatic rings. The molecule has 0 radical (unpaired) electrons. The minimum absolute atomic E-state index is 0.173. The first-order valence-electron chi connectivity index (χ1n) is 7.09. The Morgan fingerprint density at radius 3 is 2.91 bits per heavy atom. The summed E-state index contributed by atoms with van der Waals surface area (Å²) in [5, 5.41) is 0.440. The molecule has 0 aromatic heterocycles. The quantitative estimate of drug-likeness (QED) is 0.685. The Morgan fingerprint density at radius 1 is 1.32 bits per heavy atom. The highest BCUT2D eigenvalue weighted by Crippen LogP contribution is 2.38.